The van der Waals surface area contributed by atoms with Crippen molar-refractivity contribution in [2.75, 3.05) is 12.3 Å². The first-order chi connectivity index (χ1) is 5.52. The maximum Gasteiger partial charge on any atom is 0.211 e. The van der Waals surface area contributed by atoms with E-state index in [0.29, 0.717) is 13.0 Å². The maximum absolute atomic E-state index is 11.1. The molecule has 0 bridgehead atoms. The Balaban J connectivity index is 3.76. The van der Waals surface area contributed by atoms with Gasteiger partial charge in [0.15, 0.2) is 0 Å². The van der Waals surface area contributed by atoms with Crippen LogP contribution in [0, 0.1) is 0 Å². The predicted molar refractivity (Wildman–Crippen MR) is 55.1 cm³/mol. The molecule has 0 saturated heterocycles. The molecule has 0 fully saturated rings. The molecule has 0 rings (SSSR count). The summed E-state index contributed by atoms with van der Waals surface area (Å²) in [6, 6.07) is 0. The standard InChI is InChI=1S/C7H16BrNO2S/c1-3-5-12(10,11)9-6-7(8)4-2/h7,9H,3-6H2,1-2H3. The quantitative estimate of drug-likeness (QED) is 0.734. The second-order valence-corrected chi connectivity index (χ2v) is 5.89. The van der Waals surface area contributed by atoms with E-state index < -0.39 is 10.0 Å². The van der Waals surface area contributed by atoms with Crippen molar-refractivity contribution in [3.63, 3.8) is 0 Å². The number of nitrogens with one attached hydrogen (secondary N) is 1. The Bertz CT molecular complexity index is 203. The van der Waals surface area contributed by atoms with Gasteiger partial charge in [0.05, 0.1) is 5.75 Å². The summed E-state index contributed by atoms with van der Waals surface area (Å²) >= 11 is 3.35. The molecule has 0 aromatic carbocycles. The molecule has 1 unspecified atom stereocenters. The highest BCUT2D eigenvalue weighted by atomic mass is 79.9. The molecule has 1 N–H and O–H groups in total. The summed E-state index contributed by atoms with van der Waals surface area (Å²) in [6.45, 7) is 4.34. The second kappa shape index (κ2) is 5.94. The van der Waals surface area contributed by atoms with Gasteiger partial charge in [-0.1, -0.05) is 29.8 Å². The average molecular weight is 258 g/mol. The topological polar surface area (TPSA) is 46.2 Å². The Hall–Kier alpha value is 0.390. The van der Waals surface area contributed by atoms with Crippen LogP contribution in [0.1, 0.15) is 26.7 Å². The molecule has 0 amide bonds. The van der Waals surface area contributed by atoms with Gasteiger partial charge in [0.25, 0.3) is 0 Å². The molecule has 5 heteroatoms. The third-order valence-electron chi connectivity index (χ3n) is 1.44. The minimum atomic E-state index is -3.02. The van der Waals surface area contributed by atoms with Crippen molar-refractivity contribution in [2.45, 2.75) is 31.5 Å². The summed E-state index contributed by atoms with van der Waals surface area (Å²) in [5.74, 6) is 0.219. The van der Waals surface area contributed by atoms with Gasteiger partial charge in [0.1, 0.15) is 0 Å². The molecule has 0 spiro atoms. The van der Waals surface area contributed by atoms with Gasteiger partial charge >= 0.3 is 0 Å². The van der Waals surface area contributed by atoms with E-state index in [4.69, 9.17) is 0 Å². The molecular formula is C7H16BrNO2S. The number of hydrogen-bond donors (Lipinski definition) is 1. The highest BCUT2D eigenvalue weighted by Crippen LogP contribution is 2.02. The summed E-state index contributed by atoms with van der Waals surface area (Å²) in [4.78, 5) is 0.240. The van der Waals surface area contributed by atoms with E-state index >= 15 is 0 Å². The Morgan fingerprint density at radius 3 is 2.42 bits per heavy atom. The molecule has 0 aliphatic heterocycles. The fourth-order valence-electron chi connectivity index (χ4n) is 0.703. The zero-order chi connectivity index (χ0) is 9.61. The fourth-order valence-corrected chi connectivity index (χ4v) is 2.22. The van der Waals surface area contributed by atoms with E-state index in [9.17, 15) is 8.42 Å². The lowest BCUT2D eigenvalue weighted by Gasteiger charge is -2.08. The molecule has 0 radical (unpaired) electrons. The smallest absolute Gasteiger partial charge is 0.211 e. The summed E-state index contributed by atoms with van der Waals surface area (Å²) in [6.07, 6.45) is 1.59. The van der Waals surface area contributed by atoms with Gasteiger partial charge in [0.2, 0.25) is 10.0 Å². The van der Waals surface area contributed by atoms with E-state index in [1.807, 2.05) is 13.8 Å². The van der Waals surface area contributed by atoms with E-state index in [0.717, 1.165) is 6.42 Å². The van der Waals surface area contributed by atoms with Crippen LogP contribution in [0.25, 0.3) is 0 Å². The molecule has 0 aromatic heterocycles. The monoisotopic (exact) mass is 257 g/mol. The lowest BCUT2D eigenvalue weighted by molar-refractivity contribution is 0.578. The number of alkyl halides is 1. The van der Waals surface area contributed by atoms with Gasteiger partial charge in [0, 0.05) is 11.4 Å². The molecule has 0 aliphatic rings. The van der Waals surface area contributed by atoms with Crippen LogP contribution in [0.4, 0.5) is 0 Å². The molecule has 0 saturated carbocycles. The predicted octanol–water partition coefficient (Wildman–Crippen LogP) is 1.49. The van der Waals surface area contributed by atoms with E-state index in [1.165, 1.54) is 0 Å². The van der Waals surface area contributed by atoms with Crippen molar-refractivity contribution in [2.24, 2.45) is 0 Å². The number of sulfonamides is 1. The van der Waals surface area contributed by atoms with Crippen LogP contribution >= 0.6 is 15.9 Å². The first-order valence-corrected chi connectivity index (χ1v) is 6.70. The van der Waals surface area contributed by atoms with Gasteiger partial charge < -0.3 is 0 Å². The van der Waals surface area contributed by atoms with Crippen molar-refractivity contribution in [3.05, 3.63) is 0 Å². The van der Waals surface area contributed by atoms with Crippen molar-refractivity contribution in [3.8, 4) is 0 Å². The normalized spacial score (nSPS) is 14.6. The maximum atomic E-state index is 11.1. The highest BCUT2D eigenvalue weighted by molar-refractivity contribution is 9.09. The third kappa shape index (κ3) is 5.97. The summed E-state index contributed by atoms with van der Waals surface area (Å²) in [7, 11) is -3.02. The van der Waals surface area contributed by atoms with Crippen LogP contribution in [0.5, 0.6) is 0 Å². The lowest BCUT2D eigenvalue weighted by atomic mass is 10.3. The number of rotatable bonds is 6. The third-order valence-corrected chi connectivity index (χ3v) is 3.96. The fraction of sp³-hybridized carbons (Fsp3) is 1.00. The van der Waals surface area contributed by atoms with E-state index in [1.54, 1.807) is 0 Å². The summed E-state index contributed by atoms with van der Waals surface area (Å²) in [5.41, 5.74) is 0. The van der Waals surface area contributed by atoms with Crippen molar-refractivity contribution in [1.82, 2.24) is 4.72 Å². The van der Waals surface area contributed by atoms with Crippen LogP contribution in [-0.2, 0) is 10.0 Å². The van der Waals surface area contributed by atoms with Gasteiger partial charge in [-0.3, -0.25) is 0 Å². The minimum absolute atomic E-state index is 0.219. The molecular weight excluding hydrogens is 242 g/mol. The number of hydrogen-bond acceptors (Lipinski definition) is 2. The number of halogens is 1. The van der Waals surface area contributed by atoms with Crippen LogP contribution in [0.2, 0.25) is 0 Å². The Kier molecular flexibility index (Phi) is 6.13. The average Bonchev–Trinajstić information content (AvgIpc) is 2.00. The molecule has 0 aromatic rings. The van der Waals surface area contributed by atoms with Gasteiger partial charge in [-0.2, -0.15) is 0 Å². The van der Waals surface area contributed by atoms with Crippen molar-refractivity contribution in [1.29, 1.82) is 0 Å². The first-order valence-electron chi connectivity index (χ1n) is 4.13. The zero-order valence-electron chi connectivity index (χ0n) is 7.51. The van der Waals surface area contributed by atoms with Gasteiger partial charge in [-0.15, -0.1) is 0 Å². The summed E-state index contributed by atoms with van der Waals surface area (Å²) in [5, 5.41) is 0. The Morgan fingerprint density at radius 1 is 1.42 bits per heavy atom. The molecule has 0 heterocycles. The molecule has 74 valence electrons. The highest BCUT2D eigenvalue weighted by Gasteiger charge is 2.09. The van der Waals surface area contributed by atoms with E-state index in [2.05, 4.69) is 20.7 Å². The largest absolute Gasteiger partial charge is 0.214 e. The van der Waals surface area contributed by atoms with E-state index in [-0.39, 0.29) is 10.6 Å². The zero-order valence-corrected chi connectivity index (χ0v) is 9.91. The second-order valence-electron chi connectivity index (χ2n) is 2.67. The molecule has 0 aliphatic carbocycles. The molecule has 12 heavy (non-hydrogen) atoms. The summed E-state index contributed by atoms with van der Waals surface area (Å²) < 4.78 is 24.8. The van der Waals surface area contributed by atoms with Crippen LogP contribution in [-0.4, -0.2) is 25.5 Å². The Morgan fingerprint density at radius 2 is 2.00 bits per heavy atom. The van der Waals surface area contributed by atoms with Crippen molar-refractivity contribution < 1.29 is 8.42 Å². The molecule has 3 nitrogen and oxygen atoms in total. The van der Waals surface area contributed by atoms with Crippen LogP contribution < -0.4 is 4.72 Å². The minimum Gasteiger partial charge on any atom is -0.214 e. The van der Waals surface area contributed by atoms with Crippen molar-refractivity contribution >= 4 is 26.0 Å². The van der Waals surface area contributed by atoms with Gasteiger partial charge in [-0.05, 0) is 12.8 Å². The first kappa shape index (κ1) is 12.4. The molecule has 1 atom stereocenters. The van der Waals surface area contributed by atoms with Crippen LogP contribution in [0.3, 0.4) is 0 Å². The van der Waals surface area contributed by atoms with Crippen LogP contribution in [0.15, 0.2) is 0 Å². The SMILES string of the molecule is CCCS(=O)(=O)NCC(Br)CC. The Labute approximate surface area is 83.1 Å². The van der Waals surface area contributed by atoms with Gasteiger partial charge in [-0.25, -0.2) is 13.1 Å². The lowest BCUT2D eigenvalue weighted by Crippen LogP contribution is -2.31.